The standard InChI is InChI=1S/C13H9NO3.C6H6O/c15-13(10-5-2-1-3-6-10)11-7-4-8-12(9-11)14(16)17;1-3-5-7-6-4-2/h1-9H;1-2H,5-6H2. The lowest BCUT2D eigenvalue weighted by Crippen LogP contribution is -2.01. The summed E-state index contributed by atoms with van der Waals surface area (Å²) < 4.78 is 4.66. The minimum absolute atomic E-state index is 0.0771. The molecule has 24 heavy (non-hydrogen) atoms. The van der Waals surface area contributed by atoms with Crippen molar-refractivity contribution < 1.29 is 14.5 Å². The number of carbonyl (C=O) groups excluding carboxylic acids is 1. The highest BCUT2D eigenvalue weighted by molar-refractivity contribution is 6.09. The van der Waals surface area contributed by atoms with Gasteiger partial charge in [-0.3, -0.25) is 14.9 Å². The minimum atomic E-state index is -0.512. The Labute approximate surface area is 140 Å². The van der Waals surface area contributed by atoms with Crippen LogP contribution in [0.2, 0.25) is 0 Å². The number of benzene rings is 2. The third kappa shape index (κ3) is 6.15. The molecule has 0 saturated carbocycles. The lowest BCUT2D eigenvalue weighted by Gasteiger charge is -2.00. The van der Waals surface area contributed by atoms with E-state index in [9.17, 15) is 14.9 Å². The van der Waals surface area contributed by atoms with E-state index < -0.39 is 4.92 Å². The van der Waals surface area contributed by atoms with Gasteiger partial charge in [-0.25, -0.2) is 0 Å². The molecule has 0 radical (unpaired) electrons. The molecule has 2 aromatic carbocycles. The maximum atomic E-state index is 12.0. The van der Waals surface area contributed by atoms with Crippen LogP contribution in [0.3, 0.4) is 0 Å². The molecule has 0 atom stereocenters. The highest BCUT2D eigenvalue weighted by Gasteiger charge is 2.12. The average Bonchev–Trinajstić information content (AvgIpc) is 2.63. The van der Waals surface area contributed by atoms with Gasteiger partial charge in [-0.15, -0.1) is 12.8 Å². The van der Waals surface area contributed by atoms with Crippen molar-refractivity contribution in [3.8, 4) is 24.7 Å². The van der Waals surface area contributed by atoms with Gasteiger partial charge in [0.1, 0.15) is 13.2 Å². The molecule has 5 heteroatoms. The quantitative estimate of drug-likeness (QED) is 0.279. The van der Waals surface area contributed by atoms with Gasteiger partial charge < -0.3 is 4.74 Å². The molecule has 5 nitrogen and oxygen atoms in total. The Morgan fingerprint density at radius 1 is 1.00 bits per heavy atom. The molecule has 0 aliphatic carbocycles. The van der Waals surface area contributed by atoms with Crippen molar-refractivity contribution in [2.45, 2.75) is 0 Å². The Bertz CT molecular complexity index is 756. The van der Waals surface area contributed by atoms with Crippen molar-refractivity contribution >= 4 is 11.5 Å². The highest BCUT2D eigenvalue weighted by atomic mass is 16.6. The third-order valence-corrected chi connectivity index (χ3v) is 2.73. The van der Waals surface area contributed by atoms with Crippen LogP contribution in [0.5, 0.6) is 0 Å². The second-order valence-electron chi connectivity index (χ2n) is 4.40. The molecule has 0 heterocycles. The summed E-state index contributed by atoms with van der Waals surface area (Å²) in [5, 5.41) is 10.6. The summed E-state index contributed by atoms with van der Waals surface area (Å²) in [6, 6.07) is 14.4. The second-order valence-corrected chi connectivity index (χ2v) is 4.40. The van der Waals surface area contributed by atoms with Crippen LogP contribution in [0, 0.1) is 34.8 Å². The van der Waals surface area contributed by atoms with Gasteiger partial charge in [0.05, 0.1) is 4.92 Å². The smallest absolute Gasteiger partial charge is 0.270 e. The fraction of sp³-hybridized carbons (Fsp3) is 0.105. The molecule has 2 rings (SSSR count). The maximum Gasteiger partial charge on any atom is 0.270 e. The summed E-state index contributed by atoms with van der Waals surface area (Å²) in [4.78, 5) is 22.1. The van der Waals surface area contributed by atoms with Gasteiger partial charge in [0, 0.05) is 23.3 Å². The summed E-state index contributed by atoms with van der Waals surface area (Å²) in [6.45, 7) is 0.619. The zero-order valence-electron chi connectivity index (χ0n) is 12.8. The molecule has 0 spiro atoms. The first-order valence-corrected chi connectivity index (χ1v) is 6.89. The van der Waals surface area contributed by atoms with E-state index in [1.54, 1.807) is 30.3 Å². The third-order valence-electron chi connectivity index (χ3n) is 2.73. The minimum Gasteiger partial charge on any atom is -0.356 e. The zero-order valence-corrected chi connectivity index (χ0v) is 12.8. The molecule has 120 valence electrons. The molecule has 0 amide bonds. The molecule has 0 aromatic heterocycles. The van der Waals surface area contributed by atoms with E-state index in [0.717, 1.165) is 0 Å². The summed E-state index contributed by atoms with van der Waals surface area (Å²) in [5.74, 6) is 4.36. The first-order chi connectivity index (χ1) is 11.6. The fourth-order valence-corrected chi connectivity index (χ4v) is 1.69. The van der Waals surface area contributed by atoms with E-state index in [2.05, 4.69) is 16.6 Å². The number of nitrogens with zero attached hydrogens (tertiary/aromatic N) is 1. The van der Waals surface area contributed by atoms with Crippen molar-refractivity contribution in [3.63, 3.8) is 0 Å². The van der Waals surface area contributed by atoms with E-state index in [-0.39, 0.29) is 11.5 Å². The number of non-ortho nitro benzene ring substituents is 1. The van der Waals surface area contributed by atoms with E-state index in [4.69, 9.17) is 12.8 Å². The number of ketones is 1. The number of terminal acetylenes is 2. The number of carbonyl (C=O) groups is 1. The lowest BCUT2D eigenvalue weighted by molar-refractivity contribution is -0.384. The van der Waals surface area contributed by atoms with Gasteiger partial charge in [-0.2, -0.15) is 0 Å². The van der Waals surface area contributed by atoms with Crippen LogP contribution >= 0.6 is 0 Å². The predicted molar refractivity (Wildman–Crippen MR) is 91.5 cm³/mol. The normalized spacial score (nSPS) is 8.92. The van der Waals surface area contributed by atoms with Gasteiger partial charge in [-0.05, 0) is 0 Å². The van der Waals surface area contributed by atoms with Gasteiger partial charge >= 0.3 is 0 Å². The molecule has 2 aromatic rings. The van der Waals surface area contributed by atoms with Crippen LogP contribution in [0.25, 0.3) is 0 Å². The molecule has 0 aliphatic heterocycles. The average molecular weight is 321 g/mol. The van der Waals surface area contributed by atoms with Gasteiger partial charge in [-0.1, -0.05) is 54.3 Å². The van der Waals surface area contributed by atoms with E-state index in [0.29, 0.717) is 24.3 Å². The van der Waals surface area contributed by atoms with Gasteiger partial charge in [0.25, 0.3) is 5.69 Å². The fourth-order valence-electron chi connectivity index (χ4n) is 1.69. The van der Waals surface area contributed by atoms with E-state index >= 15 is 0 Å². The van der Waals surface area contributed by atoms with Crippen LogP contribution in [0.1, 0.15) is 15.9 Å². The van der Waals surface area contributed by atoms with Crippen molar-refractivity contribution in [1.82, 2.24) is 0 Å². The molecule has 0 aliphatic rings. The van der Waals surface area contributed by atoms with Crippen LogP contribution in [0.15, 0.2) is 54.6 Å². The van der Waals surface area contributed by atoms with E-state index in [1.807, 2.05) is 6.07 Å². The van der Waals surface area contributed by atoms with Crippen LogP contribution in [-0.4, -0.2) is 23.9 Å². The summed E-state index contributed by atoms with van der Waals surface area (Å²) in [5.41, 5.74) is 0.769. The lowest BCUT2D eigenvalue weighted by atomic mass is 10.0. The number of ether oxygens (including phenoxy) is 1. The molecule has 0 N–H and O–H groups in total. The Balaban J connectivity index is 0.000000351. The number of nitro groups is 1. The van der Waals surface area contributed by atoms with Crippen molar-refractivity contribution in [2.75, 3.05) is 13.2 Å². The maximum absolute atomic E-state index is 12.0. The molecule has 0 unspecified atom stereocenters. The van der Waals surface area contributed by atoms with E-state index in [1.165, 1.54) is 18.2 Å². The number of hydrogen-bond donors (Lipinski definition) is 0. The Hall–Kier alpha value is -3.41. The van der Waals surface area contributed by atoms with Crippen molar-refractivity contribution in [3.05, 3.63) is 75.8 Å². The Morgan fingerprint density at radius 2 is 1.58 bits per heavy atom. The van der Waals surface area contributed by atoms with Crippen LogP contribution in [-0.2, 0) is 4.74 Å². The first-order valence-electron chi connectivity index (χ1n) is 6.89. The Kier molecular flexibility index (Phi) is 8.03. The van der Waals surface area contributed by atoms with Crippen LogP contribution < -0.4 is 0 Å². The number of rotatable bonds is 5. The topological polar surface area (TPSA) is 69.4 Å². The van der Waals surface area contributed by atoms with Crippen molar-refractivity contribution in [2.24, 2.45) is 0 Å². The predicted octanol–water partition coefficient (Wildman–Crippen LogP) is 3.10. The summed E-state index contributed by atoms with van der Waals surface area (Å²) in [7, 11) is 0. The SMILES string of the molecule is C#CCOCC#C.O=C(c1ccccc1)c1cccc([N+](=O)[O-])c1. The molecule has 0 bridgehead atoms. The molecular weight excluding hydrogens is 306 g/mol. The van der Waals surface area contributed by atoms with Crippen LogP contribution in [0.4, 0.5) is 5.69 Å². The zero-order chi connectivity index (χ0) is 17.8. The second kappa shape index (κ2) is 10.3. The van der Waals surface area contributed by atoms with Gasteiger partial charge in [0.15, 0.2) is 5.78 Å². The van der Waals surface area contributed by atoms with Crippen molar-refractivity contribution in [1.29, 1.82) is 0 Å². The molecular formula is C19H15NO4. The van der Waals surface area contributed by atoms with Gasteiger partial charge in [0.2, 0.25) is 0 Å². The molecule has 0 saturated heterocycles. The number of nitro benzene ring substituents is 1. The first kappa shape index (κ1) is 18.6. The summed E-state index contributed by atoms with van der Waals surface area (Å²) >= 11 is 0. The summed E-state index contributed by atoms with van der Waals surface area (Å²) in [6.07, 6.45) is 9.65. The largest absolute Gasteiger partial charge is 0.356 e. The highest BCUT2D eigenvalue weighted by Crippen LogP contribution is 2.16. The molecule has 0 fully saturated rings. The number of hydrogen-bond acceptors (Lipinski definition) is 4. The monoisotopic (exact) mass is 321 g/mol. The Morgan fingerprint density at radius 3 is 2.12 bits per heavy atom.